The smallest absolute Gasteiger partial charge is 0.272 e. The number of fused-ring (bicyclic) bond motifs is 1. The first kappa shape index (κ1) is 15.5. The third-order valence-corrected chi connectivity index (χ3v) is 4.72. The fourth-order valence-corrected chi connectivity index (χ4v) is 3.46. The van der Waals surface area contributed by atoms with E-state index in [0.717, 1.165) is 54.4 Å². The molecule has 1 aliphatic heterocycles. The predicted octanol–water partition coefficient (Wildman–Crippen LogP) is 3.62. The van der Waals surface area contributed by atoms with E-state index >= 15 is 0 Å². The van der Waals surface area contributed by atoms with Crippen molar-refractivity contribution in [2.45, 2.75) is 45.6 Å². The highest BCUT2D eigenvalue weighted by Crippen LogP contribution is 2.24. The molecule has 6 heteroatoms. The van der Waals surface area contributed by atoms with Gasteiger partial charge < -0.3 is 4.90 Å². The Kier molecular flexibility index (Phi) is 4.76. The standard InChI is InChI=1S/C16H21BrN4O/c1-2-7-21-14-10-13(18-11-12(14)15(17)19-21)16(22)20-8-5-3-4-6-9-20/h10-11H,2-9H2,1H3. The number of aryl methyl sites for hydroxylation is 1. The van der Waals surface area contributed by atoms with Gasteiger partial charge in [-0.3, -0.25) is 14.5 Å². The minimum absolute atomic E-state index is 0.0455. The first-order valence-corrected chi connectivity index (χ1v) is 8.81. The van der Waals surface area contributed by atoms with E-state index in [0.29, 0.717) is 5.69 Å². The topological polar surface area (TPSA) is 51.0 Å². The van der Waals surface area contributed by atoms with E-state index in [2.05, 4.69) is 32.9 Å². The number of nitrogens with zero attached hydrogens (tertiary/aromatic N) is 4. The van der Waals surface area contributed by atoms with E-state index in [4.69, 9.17) is 0 Å². The summed E-state index contributed by atoms with van der Waals surface area (Å²) >= 11 is 3.47. The van der Waals surface area contributed by atoms with Crippen LogP contribution in [0.3, 0.4) is 0 Å². The van der Waals surface area contributed by atoms with Crippen LogP contribution >= 0.6 is 15.9 Å². The van der Waals surface area contributed by atoms with E-state index in [-0.39, 0.29) is 5.91 Å². The summed E-state index contributed by atoms with van der Waals surface area (Å²) in [7, 11) is 0. The van der Waals surface area contributed by atoms with Gasteiger partial charge in [0.15, 0.2) is 0 Å². The third-order valence-electron chi connectivity index (χ3n) is 4.14. The van der Waals surface area contributed by atoms with Gasteiger partial charge in [0, 0.05) is 25.8 Å². The number of amides is 1. The SMILES string of the molecule is CCCn1nc(Br)c2cnc(C(=O)N3CCCCCC3)cc21. The Balaban J connectivity index is 1.93. The van der Waals surface area contributed by atoms with Crippen molar-refractivity contribution in [2.75, 3.05) is 13.1 Å². The molecule has 3 rings (SSSR count). The third kappa shape index (κ3) is 3.02. The molecule has 0 aliphatic carbocycles. The van der Waals surface area contributed by atoms with Gasteiger partial charge >= 0.3 is 0 Å². The van der Waals surface area contributed by atoms with Crippen LogP contribution in [0.25, 0.3) is 10.9 Å². The summed E-state index contributed by atoms with van der Waals surface area (Å²) < 4.78 is 2.73. The zero-order valence-electron chi connectivity index (χ0n) is 12.9. The minimum Gasteiger partial charge on any atom is -0.337 e. The second-order valence-electron chi connectivity index (χ2n) is 5.81. The maximum absolute atomic E-state index is 12.7. The summed E-state index contributed by atoms with van der Waals surface area (Å²) in [6.07, 6.45) is 7.37. The lowest BCUT2D eigenvalue weighted by atomic mass is 10.2. The summed E-state index contributed by atoms with van der Waals surface area (Å²) in [6.45, 7) is 4.64. The van der Waals surface area contributed by atoms with Crippen LogP contribution in [0.15, 0.2) is 16.9 Å². The van der Waals surface area contributed by atoms with Crippen molar-refractivity contribution < 1.29 is 4.79 Å². The maximum Gasteiger partial charge on any atom is 0.272 e. The normalized spacial score (nSPS) is 16.0. The highest BCUT2D eigenvalue weighted by Gasteiger charge is 2.20. The van der Waals surface area contributed by atoms with Gasteiger partial charge in [0.2, 0.25) is 0 Å². The van der Waals surface area contributed by atoms with Gasteiger partial charge in [-0.1, -0.05) is 19.8 Å². The van der Waals surface area contributed by atoms with Crippen LogP contribution in [0.2, 0.25) is 0 Å². The van der Waals surface area contributed by atoms with Crippen molar-refractivity contribution in [3.05, 3.63) is 22.6 Å². The number of carbonyl (C=O) groups is 1. The zero-order valence-corrected chi connectivity index (χ0v) is 14.5. The van der Waals surface area contributed by atoms with Crippen LogP contribution in [0.5, 0.6) is 0 Å². The van der Waals surface area contributed by atoms with E-state index in [1.807, 2.05) is 15.6 Å². The summed E-state index contributed by atoms with van der Waals surface area (Å²) in [4.78, 5) is 19.0. The molecule has 118 valence electrons. The molecule has 0 unspecified atom stereocenters. The molecule has 1 saturated heterocycles. The molecule has 0 radical (unpaired) electrons. The fraction of sp³-hybridized carbons (Fsp3) is 0.562. The van der Waals surface area contributed by atoms with Crippen LogP contribution in [0, 0.1) is 0 Å². The Morgan fingerprint density at radius 3 is 2.68 bits per heavy atom. The molecular formula is C16H21BrN4O. The zero-order chi connectivity index (χ0) is 15.5. The lowest BCUT2D eigenvalue weighted by molar-refractivity contribution is 0.0756. The number of likely N-dealkylation sites (tertiary alicyclic amines) is 1. The number of pyridine rings is 1. The Morgan fingerprint density at radius 1 is 1.27 bits per heavy atom. The molecule has 0 N–H and O–H groups in total. The maximum atomic E-state index is 12.7. The number of rotatable bonds is 3. The van der Waals surface area contributed by atoms with Gasteiger partial charge in [-0.15, -0.1) is 0 Å². The van der Waals surface area contributed by atoms with Crippen molar-refractivity contribution in [1.29, 1.82) is 0 Å². The quantitative estimate of drug-likeness (QED) is 0.835. The van der Waals surface area contributed by atoms with Crippen LogP contribution in [-0.4, -0.2) is 38.7 Å². The lowest BCUT2D eigenvalue weighted by Gasteiger charge is -2.19. The van der Waals surface area contributed by atoms with Crippen molar-refractivity contribution in [3.8, 4) is 0 Å². The van der Waals surface area contributed by atoms with E-state index in [9.17, 15) is 4.79 Å². The predicted molar refractivity (Wildman–Crippen MR) is 89.9 cm³/mol. The summed E-state index contributed by atoms with van der Waals surface area (Å²) in [5.41, 5.74) is 1.50. The van der Waals surface area contributed by atoms with Gasteiger partial charge in [0.1, 0.15) is 10.3 Å². The van der Waals surface area contributed by atoms with Crippen molar-refractivity contribution in [3.63, 3.8) is 0 Å². The van der Waals surface area contributed by atoms with Crippen LogP contribution < -0.4 is 0 Å². The second kappa shape index (κ2) is 6.77. The van der Waals surface area contributed by atoms with Crippen molar-refractivity contribution in [2.24, 2.45) is 0 Å². The van der Waals surface area contributed by atoms with E-state index < -0.39 is 0 Å². The van der Waals surface area contributed by atoms with E-state index in [1.54, 1.807) is 6.20 Å². The number of aromatic nitrogens is 3. The molecule has 0 aromatic carbocycles. The minimum atomic E-state index is 0.0455. The Bertz CT molecular complexity index is 674. The van der Waals surface area contributed by atoms with Gasteiger partial charge in [0.25, 0.3) is 5.91 Å². The van der Waals surface area contributed by atoms with Crippen LogP contribution in [-0.2, 0) is 6.54 Å². The molecule has 22 heavy (non-hydrogen) atoms. The Labute approximate surface area is 138 Å². The Morgan fingerprint density at radius 2 is 2.00 bits per heavy atom. The molecule has 2 aromatic rings. The van der Waals surface area contributed by atoms with Crippen molar-refractivity contribution in [1.82, 2.24) is 19.7 Å². The summed E-state index contributed by atoms with van der Waals surface area (Å²) in [6, 6.07) is 1.88. The summed E-state index contributed by atoms with van der Waals surface area (Å²) in [5.74, 6) is 0.0455. The highest BCUT2D eigenvalue weighted by molar-refractivity contribution is 9.10. The average molecular weight is 365 g/mol. The molecule has 1 fully saturated rings. The number of hydrogen-bond donors (Lipinski definition) is 0. The second-order valence-corrected chi connectivity index (χ2v) is 6.56. The van der Waals surface area contributed by atoms with Crippen LogP contribution in [0.4, 0.5) is 0 Å². The molecule has 1 amide bonds. The number of hydrogen-bond acceptors (Lipinski definition) is 3. The van der Waals surface area contributed by atoms with Gasteiger partial charge in [0.05, 0.1) is 10.9 Å². The van der Waals surface area contributed by atoms with Gasteiger partial charge in [-0.05, 0) is 41.3 Å². The molecule has 1 aliphatic rings. The first-order valence-electron chi connectivity index (χ1n) is 8.02. The lowest BCUT2D eigenvalue weighted by Crippen LogP contribution is -2.32. The highest BCUT2D eigenvalue weighted by atomic mass is 79.9. The summed E-state index contributed by atoms with van der Waals surface area (Å²) in [5, 5.41) is 5.44. The fourth-order valence-electron chi connectivity index (χ4n) is 2.97. The van der Waals surface area contributed by atoms with E-state index in [1.165, 1.54) is 12.8 Å². The first-order chi connectivity index (χ1) is 10.7. The monoisotopic (exact) mass is 364 g/mol. The molecule has 0 saturated carbocycles. The molecular weight excluding hydrogens is 344 g/mol. The van der Waals surface area contributed by atoms with Crippen molar-refractivity contribution >= 4 is 32.7 Å². The molecule has 0 bridgehead atoms. The van der Waals surface area contributed by atoms with Gasteiger partial charge in [-0.2, -0.15) is 5.10 Å². The largest absolute Gasteiger partial charge is 0.337 e. The molecule has 5 nitrogen and oxygen atoms in total. The number of carbonyl (C=O) groups excluding carboxylic acids is 1. The molecule has 0 spiro atoms. The average Bonchev–Trinajstić information content (AvgIpc) is 2.73. The Hall–Kier alpha value is -1.43. The number of halogens is 1. The van der Waals surface area contributed by atoms with Crippen LogP contribution in [0.1, 0.15) is 49.5 Å². The molecule has 3 heterocycles. The van der Waals surface area contributed by atoms with Gasteiger partial charge in [-0.25, -0.2) is 0 Å². The molecule has 0 atom stereocenters. The molecule has 2 aromatic heterocycles.